The minimum atomic E-state index is -3.34. The summed E-state index contributed by atoms with van der Waals surface area (Å²) in [5.74, 6) is 0.000115. The Morgan fingerprint density at radius 3 is 2.50 bits per heavy atom. The second kappa shape index (κ2) is 9.48. The zero-order valence-corrected chi connectivity index (χ0v) is 16.9. The average Bonchev–Trinajstić information content (AvgIpc) is 2.60. The summed E-state index contributed by atoms with van der Waals surface area (Å²) < 4.78 is 26.9. The van der Waals surface area contributed by atoms with Gasteiger partial charge in [0.25, 0.3) is 0 Å². The van der Waals surface area contributed by atoms with E-state index in [1.54, 1.807) is 0 Å². The lowest BCUT2D eigenvalue weighted by Crippen LogP contribution is -2.43. The number of carbonyl (C=O) groups is 1. The molecule has 0 atom stereocenters. The molecule has 0 radical (unpaired) electrons. The Balaban J connectivity index is 1.81. The van der Waals surface area contributed by atoms with Gasteiger partial charge < -0.3 is 10.2 Å². The van der Waals surface area contributed by atoms with Gasteiger partial charge in [-0.25, -0.2) is 12.7 Å². The molecule has 1 amide bonds. The second-order valence-electron chi connectivity index (χ2n) is 7.30. The molecule has 0 saturated carbocycles. The summed E-state index contributed by atoms with van der Waals surface area (Å²) >= 11 is 0. The highest BCUT2D eigenvalue weighted by Gasteiger charge is 2.31. The molecule has 146 valence electrons. The molecule has 1 fully saturated rings. The van der Waals surface area contributed by atoms with Crippen LogP contribution >= 0.6 is 0 Å². The maximum atomic E-state index is 12.7. The molecule has 26 heavy (non-hydrogen) atoms. The van der Waals surface area contributed by atoms with Crippen LogP contribution in [-0.4, -0.2) is 63.8 Å². The smallest absolute Gasteiger partial charge is 0.223 e. The fraction of sp³-hybridized carbons (Fsp3) is 0.632. The van der Waals surface area contributed by atoms with Gasteiger partial charge in [-0.1, -0.05) is 24.3 Å². The van der Waals surface area contributed by atoms with Crippen LogP contribution in [0.5, 0.6) is 0 Å². The molecule has 1 aliphatic rings. The van der Waals surface area contributed by atoms with Gasteiger partial charge in [-0.15, -0.1) is 0 Å². The van der Waals surface area contributed by atoms with Crippen LogP contribution in [-0.2, 0) is 20.6 Å². The standard InChI is InChI=1S/C19H31N3O3S/c1-16-7-4-5-8-18(16)15-26(24,25)22-13-9-17(10-14-22)19(23)20-11-6-12-21(2)3/h4-5,7-8,17H,6,9-15H2,1-3H3,(H,20,23). The van der Waals surface area contributed by atoms with Gasteiger partial charge in [0.05, 0.1) is 5.75 Å². The van der Waals surface area contributed by atoms with Crippen LogP contribution in [0.2, 0.25) is 0 Å². The van der Waals surface area contributed by atoms with E-state index in [-0.39, 0.29) is 17.6 Å². The lowest BCUT2D eigenvalue weighted by molar-refractivity contribution is -0.126. The highest BCUT2D eigenvalue weighted by molar-refractivity contribution is 7.88. The second-order valence-corrected chi connectivity index (χ2v) is 9.27. The quantitative estimate of drug-likeness (QED) is 0.695. The SMILES string of the molecule is Cc1ccccc1CS(=O)(=O)N1CCC(C(=O)NCCCN(C)C)CC1. The van der Waals surface area contributed by atoms with E-state index in [0.717, 1.165) is 24.1 Å². The molecule has 0 spiro atoms. The summed E-state index contributed by atoms with van der Waals surface area (Å²) in [6, 6.07) is 7.57. The third-order valence-electron chi connectivity index (χ3n) is 4.90. The van der Waals surface area contributed by atoms with Crippen molar-refractivity contribution in [1.82, 2.24) is 14.5 Å². The van der Waals surface area contributed by atoms with E-state index in [1.807, 2.05) is 45.3 Å². The van der Waals surface area contributed by atoms with Crippen LogP contribution in [0.3, 0.4) is 0 Å². The molecule has 2 rings (SSSR count). The van der Waals surface area contributed by atoms with Crippen LogP contribution in [0.25, 0.3) is 0 Å². The van der Waals surface area contributed by atoms with Gasteiger partial charge in [0.2, 0.25) is 15.9 Å². The van der Waals surface area contributed by atoms with Gasteiger partial charge in [-0.2, -0.15) is 0 Å². The van der Waals surface area contributed by atoms with Crippen molar-refractivity contribution < 1.29 is 13.2 Å². The van der Waals surface area contributed by atoms with Crippen molar-refractivity contribution in [3.8, 4) is 0 Å². The molecule has 1 heterocycles. The molecular formula is C19H31N3O3S. The van der Waals surface area contributed by atoms with Crippen molar-refractivity contribution in [3.63, 3.8) is 0 Å². The van der Waals surface area contributed by atoms with Crippen LogP contribution in [0.15, 0.2) is 24.3 Å². The Labute approximate surface area is 157 Å². The fourth-order valence-corrected chi connectivity index (χ4v) is 4.87. The summed E-state index contributed by atoms with van der Waals surface area (Å²) in [5, 5.41) is 2.98. The number of nitrogens with one attached hydrogen (secondary N) is 1. The number of carbonyl (C=O) groups excluding carboxylic acids is 1. The first-order valence-corrected chi connectivity index (χ1v) is 10.9. The lowest BCUT2D eigenvalue weighted by atomic mass is 9.97. The van der Waals surface area contributed by atoms with Crippen LogP contribution < -0.4 is 5.32 Å². The number of hydrogen-bond acceptors (Lipinski definition) is 4. The molecule has 1 aromatic rings. The molecule has 0 aliphatic carbocycles. The Bertz CT molecular complexity index is 696. The molecule has 7 heteroatoms. The number of piperidine rings is 1. The molecule has 1 aliphatic heterocycles. The van der Waals surface area contributed by atoms with Crippen molar-refractivity contribution in [2.24, 2.45) is 5.92 Å². The highest BCUT2D eigenvalue weighted by Crippen LogP contribution is 2.22. The normalized spacial score (nSPS) is 16.8. The molecule has 1 N–H and O–H groups in total. The van der Waals surface area contributed by atoms with E-state index in [4.69, 9.17) is 0 Å². The van der Waals surface area contributed by atoms with Gasteiger partial charge in [-0.05, 0) is 58.0 Å². The Kier molecular flexibility index (Phi) is 7.61. The Morgan fingerprint density at radius 2 is 1.88 bits per heavy atom. The van der Waals surface area contributed by atoms with Gasteiger partial charge in [0.15, 0.2) is 0 Å². The first-order chi connectivity index (χ1) is 12.3. The van der Waals surface area contributed by atoms with E-state index < -0.39 is 10.0 Å². The number of benzene rings is 1. The first-order valence-electron chi connectivity index (χ1n) is 9.24. The van der Waals surface area contributed by atoms with Crippen molar-refractivity contribution in [2.45, 2.75) is 31.9 Å². The fourth-order valence-electron chi connectivity index (χ4n) is 3.21. The summed E-state index contributed by atoms with van der Waals surface area (Å²) in [7, 11) is 0.675. The molecule has 0 aromatic heterocycles. The third kappa shape index (κ3) is 6.07. The number of hydrogen-bond donors (Lipinski definition) is 1. The average molecular weight is 382 g/mol. The zero-order chi connectivity index (χ0) is 19.2. The number of aryl methyl sites for hydroxylation is 1. The maximum Gasteiger partial charge on any atom is 0.223 e. The van der Waals surface area contributed by atoms with Crippen LogP contribution in [0.1, 0.15) is 30.4 Å². The van der Waals surface area contributed by atoms with Crippen LogP contribution in [0, 0.1) is 12.8 Å². The highest BCUT2D eigenvalue weighted by atomic mass is 32.2. The number of sulfonamides is 1. The minimum absolute atomic E-state index is 0.0288. The predicted molar refractivity (Wildman–Crippen MR) is 104 cm³/mol. The summed E-state index contributed by atoms with van der Waals surface area (Å²) in [6.07, 6.45) is 2.10. The van der Waals surface area contributed by atoms with E-state index >= 15 is 0 Å². The van der Waals surface area contributed by atoms with E-state index in [0.29, 0.717) is 32.5 Å². The van der Waals surface area contributed by atoms with Crippen molar-refractivity contribution in [1.29, 1.82) is 0 Å². The Morgan fingerprint density at radius 1 is 1.23 bits per heavy atom. The zero-order valence-electron chi connectivity index (χ0n) is 16.1. The number of amides is 1. The minimum Gasteiger partial charge on any atom is -0.356 e. The van der Waals surface area contributed by atoms with E-state index in [9.17, 15) is 13.2 Å². The van der Waals surface area contributed by atoms with Gasteiger partial charge in [-0.3, -0.25) is 4.79 Å². The third-order valence-corrected chi connectivity index (χ3v) is 6.73. The molecule has 0 bridgehead atoms. The van der Waals surface area contributed by atoms with Crippen molar-refractivity contribution in [3.05, 3.63) is 35.4 Å². The summed E-state index contributed by atoms with van der Waals surface area (Å²) in [6.45, 7) is 4.38. The van der Waals surface area contributed by atoms with E-state index in [1.165, 1.54) is 4.31 Å². The van der Waals surface area contributed by atoms with Gasteiger partial charge in [0.1, 0.15) is 0 Å². The monoisotopic (exact) mass is 381 g/mol. The Hall–Kier alpha value is -1.44. The van der Waals surface area contributed by atoms with Gasteiger partial charge >= 0.3 is 0 Å². The summed E-state index contributed by atoms with van der Waals surface area (Å²) in [5.41, 5.74) is 1.83. The lowest BCUT2D eigenvalue weighted by Gasteiger charge is -2.30. The topological polar surface area (TPSA) is 69.7 Å². The van der Waals surface area contributed by atoms with E-state index in [2.05, 4.69) is 10.2 Å². The maximum absolute atomic E-state index is 12.7. The number of rotatable bonds is 8. The molecular weight excluding hydrogens is 350 g/mol. The first kappa shape index (κ1) is 20.9. The molecule has 0 unspecified atom stereocenters. The molecule has 6 nitrogen and oxygen atoms in total. The predicted octanol–water partition coefficient (Wildman–Crippen LogP) is 1.60. The van der Waals surface area contributed by atoms with Crippen molar-refractivity contribution >= 4 is 15.9 Å². The molecule has 1 aromatic carbocycles. The number of nitrogens with zero attached hydrogens (tertiary/aromatic N) is 2. The van der Waals surface area contributed by atoms with Crippen molar-refractivity contribution in [2.75, 3.05) is 40.3 Å². The molecule has 1 saturated heterocycles. The van der Waals surface area contributed by atoms with Gasteiger partial charge in [0, 0.05) is 25.6 Å². The van der Waals surface area contributed by atoms with Crippen LogP contribution in [0.4, 0.5) is 0 Å². The largest absolute Gasteiger partial charge is 0.356 e. The summed E-state index contributed by atoms with van der Waals surface area (Å²) in [4.78, 5) is 14.3.